The molecule has 0 bridgehead atoms. The van der Waals surface area contributed by atoms with Gasteiger partial charge in [0.1, 0.15) is 11.5 Å². The third kappa shape index (κ3) is 6.92. The van der Waals surface area contributed by atoms with E-state index in [1.54, 1.807) is 0 Å². The molecule has 4 fully saturated rings. The first-order valence-electron chi connectivity index (χ1n) is 19.9. The molecule has 4 aliphatic carbocycles. The second-order valence-electron chi connectivity index (χ2n) is 17.4. The fraction of sp³-hybridized carbons (Fsp3) is 0.644. The van der Waals surface area contributed by atoms with E-state index in [1.165, 1.54) is 73.9 Å². The van der Waals surface area contributed by atoms with Gasteiger partial charge in [0.25, 0.3) is 0 Å². The van der Waals surface area contributed by atoms with Gasteiger partial charge < -0.3 is 9.47 Å². The highest BCUT2D eigenvalue weighted by molar-refractivity contribution is 5.98. The Hall–Kier alpha value is -2.88. The van der Waals surface area contributed by atoms with Gasteiger partial charge in [-0.05, 0) is 144 Å². The first kappa shape index (κ1) is 34.6. The molecule has 7 rings (SSSR count). The van der Waals surface area contributed by atoms with E-state index in [0.29, 0.717) is 60.9 Å². The number of esters is 1. The van der Waals surface area contributed by atoms with Crippen LogP contribution in [0.2, 0.25) is 0 Å². The van der Waals surface area contributed by atoms with Gasteiger partial charge in [-0.3, -0.25) is 9.59 Å². The van der Waals surface area contributed by atoms with Crippen LogP contribution in [0.4, 0.5) is 0 Å². The van der Waals surface area contributed by atoms with E-state index >= 15 is 0 Å². The molecule has 4 saturated carbocycles. The van der Waals surface area contributed by atoms with E-state index in [-0.39, 0.29) is 11.4 Å². The van der Waals surface area contributed by atoms with Gasteiger partial charge in [-0.2, -0.15) is 0 Å². The molecule has 0 aromatic heterocycles. The van der Waals surface area contributed by atoms with Crippen molar-refractivity contribution in [2.75, 3.05) is 13.2 Å². The second-order valence-corrected chi connectivity index (χ2v) is 17.4. The van der Waals surface area contributed by atoms with Crippen LogP contribution < -0.4 is 4.74 Å². The second kappa shape index (κ2) is 14.4. The molecule has 0 radical (unpaired) electrons. The van der Waals surface area contributed by atoms with Gasteiger partial charge in [0, 0.05) is 18.8 Å². The first-order chi connectivity index (χ1) is 23.7. The van der Waals surface area contributed by atoms with Gasteiger partial charge in [-0.15, -0.1) is 0 Å². The van der Waals surface area contributed by atoms with Gasteiger partial charge in [0.2, 0.25) is 0 Å². The number of hydrogen-bond acceptors (Lipinski definition) is 4. The number of rotatable bonds is 12. The van der Waals surface area contributed by atoms with E-state index in [0.717, 1.165) is 48.2 Å². The molecule has 3 aromatic carbocycles. The van der Waals surface area contributed by atoms with Crippen LogP contribution in [0, 0.1) is 52.3 Å². The molecule has 3 aromatic rings. The lowest BCUT2D eigenvalue weighted by Gasteiger charge is -2.60. The van der Waals surface area contributed by atoms with E-state index < -0.39 is 0 Å². The van der Waals surface area contributed by atoms with E-state index in [9.17, 15) is 9.59 Å². The van der Waals surface area contributed by atoms with E-state index in [1.807, 2.05) is 6.07 Å². The summed E-state index contributed by atoms with van der Waals surface area (Å²) in [6.07, 6.45) is 15.8. The summed E-state index contributed by atoms with van der Waals surface area (Å²) in [6.45, 7) is 10.8. The maximum atomic E-state index is 13.4. The van der Waals surface area contributed by atoms with Crippen LogP contribution in [0.3, 0.4) is 0 Å². The molecule has 0 N–H and O–H groups in total. The van der Waals surface area contributed by atoms with Crippen LogP contribution >= 0.6 is 0 Å². The molecule has 0 spiro atoms. The largest absolute Gasteiger partial charge is 0.494 e. The number of carbonyl (C=O) groups is 2. The van der Waals surface area contributed by atoms with E-state index in [2.05, 4.69) is 76.2 Å². The molecule has 0 amide bonds. The molecule has 0 heterocycles. The molecular weight excluding hydrogens is 604 g/mol. The van der Waals surface area contributed by atoms with Crippen LogP contribution in [0.5, 0.6) is 5.75 Å². The average molecular weight is 665 g/mol. The van der Waals surface area contributed by atoms with Crippen LogP contribution in [-0.4, -0.2) is 25.0 Å². The Morgan fingerprint density at radius 2 is 1.57 bits per heavy atom. The lowest BCUT2D eigenvalue weighted by Crippen LogP contribution is -2.56. The summed E-state index contributed by atoms with van der Waals surface area (Å²) in [6, 6.07) is 19.0. The van der Waals surface area contributed by atoms with Crippen molar-refractivity contribution in [3.05, 3.63) is 54.6 Å². The summed E-state index contributed by atoms with van der Waals surface area (Å²) in [5.41, 5.74) is 0.664. The summed E-state index contributed by atoms with van der Waals surface area (Å²) in [5, 5.41) is 4.83. The molecule has 4 aliphatic rings. The van der Waals surface area contributed by atoms with Crippen LogP contribution in [-0.2, 0) is 14.3 Å². The lowest BCUT2D eigenvalue weighted by atomic mass is 9.44. The Morgan fingerprint density at radius 3 is 2.39 bits per heavy atom. The highest BCUT2D eigenvalue weighted by Gasteiger charge is 2.61. The fourth-order valence-electron chi connectivity index (χ4n) is 11.9. The minimum absolute atomic E-state index is 0.121. The average Bonchev–Trinajstić information content (AvgIpc) is 3.45. The standard InChI is InChI=1S/C45H60O4/c1-30(29-49-43(47)16-10-24-48-36-18-17-34-25-32-13-5-6-14-33(32)26-35(34)27-36)11-9-12-31(2)38-19-20-39-37-28-42(46)41-15-7-8-22-44(41,3)40(37)21-23-45(38,39)4/h5-6,13-14,17-18,25-27,30-31,37-41H,7-12,15-16,19-24,28-29H2,1-4H3/t30?,31-,37+,38-,39+,40+,41?,44-,45-/m1/s1. The maximum Gasteiger partial charge on any atom is 0.305 e. The fourth-order valence-corrected chi connectivity index (χ4v) is 11.9. The SMILES string of the molecule is CC(CCC[C@@H](C)[C@H]1CC[C@H]2[C@@H]3CC(=O)C4CCCC[C@]4(C)[C@H]3CC[C@]12C)COC(=O)CCCOc1ccc2cc3ccccc3cc2c1. The number of benzene rings is 3. The number of fused-ring (bicyclic) bond motifs is 7. The van der Waals surface area contributed by atoms with E-state index in [4.69, 9.17) is 9.47 Å². The number of carbonyl (C=O) groups excluding carboxylic acids is 2. The highest BCUT2D eigenvalue weighted by Crippen LogP contribution is 2.67. The summed E-state index contributed by atoms with van der Waals surface area (Å²) >= 11 is 0. The number of Topliss-reactive ketones (excluding diaryl/α,β-unsaturated/α-hetero) is 1. The van der Waals surface area contributed by atoms with Crippen molar-refractivity contribution in [3.8, 4) is 5.75 Å². The summed E-state index contributed by atoms with van der Waals surface area (Å²) in [4.78, 5) is 25.9. The minimum atomic E-state index is -0.121. The van der Waals surface area contributed by atoms with Crippen molar-refractivity contribution in [1.82, 2.24) is 0 Å². The smallest absolute Gasteiger partial charge is 0.305 e. The summed E-state index contributed by atoms with van der Waals surface area (Å²) in [7, 11) is 0. The Kier molecular flexibility index (Phi) is 10.2. The molecule has 264 valence electrons. The predicted molar refractivity (Wildman–Crippen MR) is 200 cm³/mol. The zero-order valence-corrected chi connectivity index (χ0v) is 30.7. The predicted octanol–water partition coefficient (Wildman–Crippen LogP) is 11.4. The van der Waals surface area contributed by atoms with Crippen molar-refractivity contribution in [1.29, 1.82) is 0 Å². The molecule has 49 heavy (non-hydrogen) atoms. The monoisotopic (exact) mass is 664 g/mol. The Morgan fingerprint density at radius 1 is 0.816 bits per heavy atom. The van der Waals surface area contributed by atoms with Crippen molar-refractivity contribution < 1.29 is 19.1 Å². The van der Waals surface area contributed by atoms with Gasteiger partial charge in [0.15, 0.2) is 0 Å². The van der Waals surface area contributed by atoms with Crippen LogP contribution in [0.1, 0.15) is 118 Å². The molecule has 9 atom stereocenters. The van der Waals surface area contributed by atoms with Gasteiger partial charge >= 0.3 is 5.97 Å². The molecule has 4 nitrogen and oxygen atoms in total. The van der Waals surface area contributed by atoms with Crippen molar-refractivity contribution in [3.63, 3.8) is 0 Å². The molecule has 0 aliphatic heterocycles. The molecular formula is C45H60O4. The first-order valence-corrected chi connectivity index (χ1v) is 19.9. The molecule has 0 saturated heterocycles. The molecule has 4 heteroatoms. The molecule has 2 unspecified atom stereocenters. The minimum Gasteiger partial charge on any atom is -0.494 e. The lowest BCUT2D eigenvalue weighted by molar-refractivity contribution is -0.154. The zero-order valence-electron chi connectivity index (χ0n) is 30.7. The number of hydrogen-bond donors (Lipinski definition) is 0. The van der Waals surface area contributed by atoms with Crippen LogP contribution in [0.15, 0.2) is 54.6 Å². The van der Waals surface area contributed by atoms with Gasteiger partial charge in [0.05, 0.1) is 13.2 Å². The van der Waals surface area contributed by atoms with Crippen molar-refractivity contribution in [2.45, 2.75) is 118 Å². The Balaban J connectivity index is 0.809. The topological polar surface area (TPSA) is 52.6 Å². The van der Waals surface area contributed by atoms with Crippen molar-refractivity contribution >= 4 is 33.3 Å². The Labute approximate surface area is 295 Å². The Bertz CT molecular complexity index is 1640. The van der Waals surface area contributed by atoms with Crippen molar-refractivity contribution in [2.24, 2.45) is 52.3 Å². The van der Waals surface area contributed by atoms with Gasteiger partial charge in [-0.1, -0.05) is 83.7 Å². The van der Waals surface area contributed by atoms with Crippen LogP contribution in [0.25, 0.3) is 21.5 Å². The number of ether oxygens (including phenoxy) is 2. The quantitative estimate of drug-likeness (QED) is 0.110. The highest BCUT2D eigenvalue weighted by atomic mass is 16.5. The van der Waals surface area contributed by atoms with Gasteiger partial charge in [-0.25, -0.2) is 0 Å². The maximum absolute atomic E-state index is 13.4. The third-order valence-electron chi connectivity index (χ3n) is 14.5. The summed E-state index contributed by atoms with van der Waals surface area (Å²) in [5.74, 6) is 5.67. The number of ketones is 1. The summed E-state index contributed by atoms with van der Waals surface area (Å²) < 4.78 is 11.7. The third-order valence-corrected chi connectivity index (χ3v) is 14.5. The normalized spacial score (nSPS) is 32.2. The zero-order chi connectivity index (χ0) is 34.2.